The van der Waals surface area contributed by atoms with E-state index in [1.807, 2.05) is 0 Å². The van der Waals surface area contributed by atoms with Crippen molar-refractivity contribution >= 4 is 0 Å². The second-order valence-corrected chi connectivity index (χ2v) is 3.87. The fraction of sp³-hybridized carbons (Fsp3) is 1.00. The van der Waals surface area contributed by atoms with Crippen LogP contribution in [0.5, 0.6) is 0 Å². The molecule has 0 radical (unpaired) electrons. The minimum absolute atomic E-state index is 0.306. The van der Waals surface area contributed by atoms with Crippen LogP contribution in [0.1, 0.15) is 0 Å². The first-order chi connectivity index (χ1) is 8.01. The molecule has 1 aliphatic rings. The van der Waals surface area contributed by atoms with Gasteiger partial charge in [-0.05, 0) is 0 Å². The predicted octanol–water partition coefficient (Wildman–Crippen LogP) is -3.84. The lowest BCUT2D eigenvalue weighted by Gasteiger charge is -2.39. The van der Waals surface area contributed by atoms with Gasteiger partial charge in [-0.1, -0.05) is 0 Å². The van der Waals surface area contributed by atoms with E-state index in [0.717, 1.165) is 0 Å². The van der Waals surface area contributed by atoms with E-state index in [4.69, 9.17) is 24.8 Å². The minimum atomic E-state index is -1.52. The topological polar surface area (TPSA) is 140 Å². The molecule has 0 aromatic heterocycles. The zero-order chi connectivity index (χ0) is 13.0. The molecule has 0 spiro atoms. The molecule has 0 amide bonds. The van der Waals surface area contributed by atoms with E-state index in [9.17, 15) is 15.3 Å². The molecule has 0 bridgehead atoms. The minimum Gasteiger partial charge on any atom is -0.394 e. The quantitative estimate of drug-likeness (QED) is 0.293. The van der Waals surface area contributed by atoms with Gasteiger partial charge in [0, 0.05) is 0 Å². The van der Waals surface area contributed by atoms with Crippen LogP contribution >= 0.6 is 0 Å². The standard InChI is InChI=1S/C9H18O8/c10-1-4(12)3-16-9-8(15)7(14)6(13)5(2-11)17-9/h4-15H,1-3H2/t4?,5-,6-,7+,8+,9-/m1/s1. The van der Waals surface area contributed by atoms with E-state index in [1.165, 1.54) is 0 Å². The highest BCUT2D eigenvalue weighted by Crippen LogP contribution is 2.21. The second-order valence-electron chi connectivity index (χ2n) is 3.87. The molecule has 8 heteroatoms. The van der Waals surface area contributed by atoms with Gasteiger partial charge in [-0.15, -0.1) is 0 Å². The Balaban J connectivity index is 2.53. The number of hydrogen-bond donors (Lipinski definition) is 6. The SMILES string of the molecule is OCC(O)CO[C@@H]1O[C@H](CO)[C@@H](O)[C@H](O)[C@@H]1O. The Labute approximate surface area is 97.6 Å². The Kier molecular flexibility index (Phi) is 5.70. The van der Waals surface area contributed by atoms with Gasteiger partial charge in [0.05, 0.1) is 19.8 Å². The molecule has 1 saturated heterocycles. The van der Waals surface area contributed by atoms with Gasteiger partial charge in [-0.2, -0.15) is 0 Å². The zero-order valence-electron chi connectivity index (χ0n) is 9.09. The summed E-state index contributed by atoms with van der Waals surface area (Å²) in [4.78, 5) is 0. The van der Waals surface area contributed by atoms with Crippen molar-refractivity contribution in [2.45, 2.75) is 36.8 Å². The third-order valence-corrected chi connectivity index (χ3v) is 2.51. The summed E-state index contributed by atoms with van der Waals surface area (Å²) in [5.74, 6) is 0. The fourth-order valence-electron chi connectivity index (χ4n) is 1.46. The van der Waals surface area contributed by atoms with Crippen molar-refractivity contribution in [2.24, 2.45) is 0 Å². The third kappa shape index (κ3) is 3.57. The molecule has 1 rings (SSSR count). The normalized spacial score (nSPS) is 40.2. The Bertz CT molecular complexity index is 223. The smallest absolute Gasteiger partial charge is 0.186 e. The Morgan fingerprint density at radius 1 is 1.06 bits per heavy atom. The molecule has 1 heterocycles. The van der Waals surface area contributed by atoms with Crippen molar-refractivity contribution in [3.63, 3.8) is 0 Å². The molecule has 1 unspecified atom stereocenters. The van der Waals surface area contributed by atoms with Crippen LogP contribution < -0.4 is 0 Å². The number of aliphatic hydroxyl groups excluding tert-OH is 6. The Morgan fingerprint density at radius 3 is 2.24 bits per heavy atom. The van der Waals surface area contributed by atoms with E-state index in [2.05, 4.69) is 0 Å². The van der Waals surface area contributed by atoms with Gasteiger partial charge in [-0.3, -0.25) is 0 Å². The summed E-state index contributed by atoms with van der Waals surface area (Å²) in [5.41, 5.74) is 0. The highest BCUT2D eigenvalue weighted by molar-refractivity contribution is 4.88. The van der Waals surface area contributed by atoms with Gasteiger partial charge in [0.2, 0.25) is 0 Å². The van der Waals surface area contributed by atoms with Gasteiger partial charge >= 0.3 is 0 Å². The van der Waals surface area contributed by atoms with Gasteiger partial charge in [-0.25, -0.2) is 0 Å². The zero-order valence-corrected chi connectivity index (χ0v) is 9.09. The average Bonchev–Trinajstić information content (AvgIpc) is 2.34. The molecule has 0 saturated carbocycles. The maximum absolute atomic E-state index is 9.52. The van der Waals surface area contributed by atoms with Gasteiger partial charge in [0.1, 0.15) is 30.5 Å². The van der Waals surface area contributed by atoms with E-state index in [0.29, 0.717) is 0 Å². The summed E-state index contributed by atoms with van der Waals surface area (Å²) in [5, 5.41) is 54.9. The highest BCUT2D eigenvalue weighted by atomic mass is 16.7. The third-order valence-electron chi connectivity index (χ3n) is 2.51. The van der Waals surface area contributed by atoms with Gasteiger partial charge in [0.15, 0.2) is 6.29 Å². The largest absolute Gasteiger partial charge is 0.394 e. The predicted molar refractivity (Wildman–Crippen MR) is 52.8 cm³/mol. The number of aliphatic hydroxyl groups is 6. The van der Waals surface area contributed by atoms with Crippen molar-refractivity contribution in [1.82, 2.24) is 0 Å². The van der Waals surface area contributed by atoms with Crippen LogP contribution in [0.15, 0.2) is 0 Å². The molecular weight excluding hydrogens is 236 g/mol. The monoisotopic (exact) mass is 254 g/mol. The maximum atomic E-state index is 9.52. The molecular formula is C9H18O8. The summed E-state index contributed by atoms with van der Waals surface area (Å²) in [6, 6.07) is 0. The molecule has 6 atom stereocenters. The van der Waals surface area contributed by atoms with Crippen LogP contribution in [0.2, 0.25) is 0 Å². The molecule has 6 N–H and O–H groups in total. The van der Waals surface area contributed by atoms with Crippen molar-refractivity contribution in [2.75, 3.05) is 19.8 Å². The highest BCUT2D eigenvalue weighted by Gasteiger charge is 2.44. The summed E-state index contributed by atoms with van der Waals surface area (Å²) >= 11 is 0. The van der Waals surface area contributed by atoms with E-state index < -0.39 is 50.0 Å². The summed E-state index contributed by atoms with van der Waals surface area (Å²) in [6.07, 6.45) is -7.94. The second kappa shape index (κ2) is 6.57. The first kappa shape index (κ1) is 14.7. The molecule has 1 fully saturated rings. The molecule has 0 aromatic carbocycles. The molecule has 0 aromatic rings. The van der Waals surface area contributed by atoms with Gasteiger partial charge in [0.25, 0.3) is 0 Å². The summed E-state index contributed by atoms with van der Waals surface area (Å²) in [7, 11) is 0. The van der Waals surface area contributed by atoms with Crippen LogP contribution in [0.25, 0.3) is 0 Å². The van der Waals surface area contributed by atoms with E-state index >= 15 is 0 Å². The Hall–Kier alpha value is -0.320. The van der Waals surface area contributed by atoms with Crippen LogP contribution in [-0.2, 0) is 9.47 Å². The summed E-state index contributed by atoms with van der Waals surface area (Å²) in [6.45, 7) is -1.37. The van der Waals surface area contributed by atoms with Crippen molar-refractivity contribution in [3.05, 3.63) is 0 Å². The average molecular weight is 254 g/mol. The Morgan fingerprint density at radius 2 is 1.71 bits per heavy atom. The molecule has 1 aliphatic heterocycles. The van der Waals surface area contributed by atoms with Crippen LogP contribution in [0.3, 0.4) is 0 Å². The fourth-order valence-corrected chi connectivity index (χ4v) is 1.46. The lowest BCUT2D eigenvalue weighted by atomic mass is 9.99. The molecule has 17 heavy (non-hydrogen) atoms. The van der Waals surface area contributed by atoms with Crippen molar-refractivity contribution in [3.8, 4) is 0 Å². The molecule has 102 valence electrons. The van der Waals surface area contributed by atoms with Crippen molar-refractivity contribution in [1.29, 1.82) is 0 Å². The van der Waals surface area contributed by atoms with Crippen LogP contribution in [0.4, 0.5) is 0 Å². The van der Waals surface area contributed by atoms with E-state index in [1.54, 1.807) is 0 Å². The van der Waals surface area contributed by atoms with Crippen LogP contribution in [0, 0.1) is 0 Å². The van der Waals surface area contributed by atoms with Gasteiger partial charge < -0.3 is 40.1 Å². The molecule has 8 nitrogen and oxygen atoms in total. The van der Waals surface area contributed by atoms with E-state index in [-0.39, 0.29) is 6.61 Å². The summed E-state index contributed by atoms with van der Waals surface area (Å²) < 4.78 is 9.93. The lowest BCUT2D eigenvalue weighted by molar-refractivity contribution is -0.304. The number of hydrogen-bond acceptors (Lipinski definition) is 8. The first-order valence-electron chi connectivity index (χ1n) is 5.22. The lowest BCUT2D eigenvalue weighted by Crippen LogP contribution is -2.59. The number of ether oxygens (including phenoxy) is 2. The number of rotatable bonds is 5. The maximum Gasteiger partial charge on any atom is 0.186 e. The molecule has 0 aliphatic carbocycles. The van der Waals surface area contributed by atoms with Crippen molar-refractivity contribution < 1.29 is 40.1 Å². The van der Waals surface area contributed by atoms with Crippen LogP contribution in [-0.4, -0.2) is 87.3 Å². The first-order valence-corrected chi connectivity index (χ1v) is 5.22.